The predicted octanol–water partition coefficient (Wildman–Crippen LogP) is 1.44. The van der Waals surface area contributed by atoms with Gasteiger partial charge in [0, 0.05) is 57.9 Å². The number of rotatable bonds is 4. The summed E-state index contributed by atoms with van der Waals surface area (Å²) >= 11 is 0. The largest absolute Gasteiger partial charge is 0.370 e. The zero-order valence-corrected chi connectivity index (χ0v) is 13.7. The molecule has 24 heavy (non-hydrogen) atoms. The molecule has 2 aromatic rings. The van der Waals surface area contributed by atoms with Gasteiger partial charge in [-0.2, -0.15) is 0 Å². The zero-order valence-electron chi connectivity index (χ0n) is 13.7. The molecule has 0 spiro atoms. The molecule has 2 aliphatic rings. The van der Waals surface area contributed by atoms with Crippen molar-refractivity contribution in [3.63, 3.8) is 0 Å². The van der Waals surface area contributed by atoms with E-state index in [1.54, 1.807) is 12.4 Å². The maximum atomic E-state index is 5.69. The van der Waals surface area contributed by atoms with Crippen molar-refractivity contribution in [2.45, 2.75) is 25.5 Å². The van der Waals surface area contributed by atoms with Crippen LogP contribution in [-0.2, 0) is 11.3 Å². The van der Waals surface area contributed by atoms with Gasteiger partial charge in [-0.1, -0.05) is 0 Å². The van der Waals surface area contributed by atoms with Crippen LogP contribution in [0.5, 0.6) is 0 Å². The third kappa shape index (κ3) is 3.52. The average molecular weight is 326 g/mol. The van der Waals surface area contributed by atoms with Gasteiger partial charge in [0.15, 0.2) is 5.82 Å². The van der Waals surface area contributed by atoms with Gasteiger partial charge >= 0.3 is 0 Å². The molecule has 7 heteroatoms. The molecule has 0 aromatic carbocycles. The molecular weight excluding hydrogens is 304 g/mol. The van der Waals surface area contributed by atoms with Crippen LogP contribution in [0.2, 0.25) is 0 Å². The Hall–Kier alpha value is -2.12. The number of aromatic nitrogens is 4. The Morgan fingerprint density at radius 3 is 2.62 bits per heavy atom. The van der Waals surface area contributed by atoms with Crippen molar-refractivity contribution in [1.29, 1.82) is 0 Å². The van der Waals surface area contributed by atoms with Crippen molar-refractivity contribution >= 4 is 5.95 Å². The monoisotopic (exact) mass is 326 g/mol. The summed E-state index contributed by atoms with van der Waals surface area (Å²) in [5.41, 5.74) is 1.07. The van der Waals surface area contributed by atoms with Crippen molar-refractivity contribution in [3.05, 3.63) is 42.2 Å². The molecule has 0 aliphatic carbocycles. The Balaban J connectivity index is 1.34. The Morgan fingerprint density at radius 2 is 1.88 bits per heavy atom. The van der Waals surface area contributed by atoms with Crippen LogP contribution in [0.3, 0.4) is 0 Å². The van der Waals surface area contributed by atoms with E-state index in [0.717, 1.165) is 69.6 Å². The molecule has 1 atom stereocenters. The highest BCUT2D eigenvalue weighted by atomic mass is 16.5. The second-order valence-electron chi connectivity index (χ2n) is 6.22. The minimum atomic E-state index is 0.0806. The minimum Gasteiger partial charge on any atom is -0.370 e. The number of anilines is 1. The lowest BCUT2D eigenvalue weighted by Gasteiger charge is -2.34. The van der Waals surface area contributed by atoms with Crippen LogP contribution in [0.4, 0.5) is 5.95 Å². The van der Waals surface area contributed by atoms with E-state index in [9.17, 15) is 0 Å². The summed E-state index contributed by atoms with van der Waals surface area (Å²) in [5, 5.41) is 0. The second kappa shape index (κ2) is 7.19. The topological polar surface area (TPSA) is 67.3 Å². The van der Waals surface area contributed by atoms with Crippen molar-refractivity contribution in [2.75, 3.05) is 37.7 Å². The first-order valence-electron chi connectivity index (χ1n) is 8.56. The van der Waals surface area contributed by atoms with E-state index in [0.29, 0.717) is 0 Å². The number of hydrogen-bond acceptors (Lipinski definition) is 7. The summed E-state index contributed by atoms with van der Waals surface area (Å²) in [7, 11) is 0. The molecule has 0 radical (unpaired) electrons. The fourth-order valence-electron chi connectivity index (χ4n) is 3.23. The summed E-state index contributed by atoms with van der Waals surface area (Å²) in [6.07, 6.45) is 7.65. The van der Waals surface area contributed by atoms with Gasteiger partial charge in [0.1, 0.15) is 6.10 Å². The molecule has 126 valence electrons. The first-order valence-corrected chi connectivity index (χ1v) is 8.56. The summed E-state index contributed by atoms with van der Waals surface area (Å²) in [4.78, 5) is 22.4. The van der Waals surface area contributed by atoms with E-state index in [4.69, 9.17) is 9.72 Å². The van der Waals surface area contributed by atoms with Gasteiger partial charge in [0.25, 0.3) is 0 Å². The maximum absolute atomic E-state index is 5.69. The van der Waals surface area contributed by atoms with E-state index >= 15 is 0 Å². The number of ether oxygens (including phenoxy) is 1. The molecule has 2 aliphatic heterocycles. The number of nitrogens with zero attached hydrogens (tertiary/aromatic N) is 6. The molecule has 7 nitrogen and oxygen atoms in total. The van der Waals surface area contributed by atoms with E-state index < -0.39 is 0 Å². The number of hydrogen-bond donors (Lipinski definition) is 0. The highest BCUT2D eigenvalue weighted by Gasteiger charge is 2.22. The fraction of sp³-hybridized carbons (Fsp3) is 0.529. The van der Waals surface area contributed by atoms with Gasteiger partial charge < -0.3 is 9.64 Å². The van der Waals surface area contributed by atoms with Crippen LogP contribution >= 0.6 is 0 Å². The lowest BCUT2D eigenvalue weighted by molar-refractivity contribution is 0.104. The van der Waals surface area contributed by atoms with Crippen molar-refractivity contribution in [2.24, 2.45) is 0 Å². The van der Waals surface area contributed by atoms with Crippen LogP contribution in [0, 0.1) is 0 Å². The zero-order chi connectivity index (χ0) is 16.2. The molecule has 4 rings (SSSR count). The van der Waals surface area contributed by atoms with E-state index in [-0.39, 0.29) is 6.10 Å². The van der Waals surface area contributed by atoms with Crippen molar-refractivity contribution in [1.82, 2.24) is 24.8 Å². The van der Waals surface area contributed by atoms with Crippen LogP contribution in [-0.4, -0.2) is 57.6 Å². The molecule has 2 aromatic heterocycles. The SMILES string of the molecule is c1cnc(N2CCN(Cc3ccnc(C4CCCO4)n3)CC2)nc1. The minimum absolute atomic E-state index is 0.0806. The Labute approximate surface area is 141 Å². The predicted molar refractivity (Wildman–Crippen MR) is 89.5 cm³/mol. The molecule has 0 N–H and O–H groups in total. The van der Waals surface area contributed by atoms with E-state index in [1.165, 1.54) is 0 Å². The summed E-state index contributed by atoms with van der Waals surface area (Å²) < 4.78 is 5.69. The van der Waals surface area contributed by atoms with E-state index in [1.807, 2.05) is 18.3 Å². The van der Waals surface area contributed by atoms with Gasteiger partial charge in [-0.05, 0) is 25.0 Å². The van der Waals surface area contributed by atoms with Gasteiger partial charge in [-0.25, -0.2) is 19.9 Å². The summed E-state index contributed by atoms with van der Waals surface area (Å²) in [6.45, 7) is 5.52. The van der Waals surface area contributed by atoms with Gasteiger partial charge in [0.05, 0.1) is 5.69 Å². The molecule has 0 saturated carbocycles. The number of piperazine rings is 1. The molecule has 1 unspecified atom stereocenters. The Kier molecular flexibility index (Phi) is 4.62. The Bertz CT molecular complexity index is 653. The molecule has 2 saturated heterocycles. The van der Waals surface area contributed by atoms with E-state index in [2.05, 4.69) is 24.8 Å². The normalized spacial score (nSPS) is 22.0. The average Bonchev–Trinajstić information content (AvgIpc) is 3.18. The first kappa shape index (κ1) is 15.4. The molecule has 0 bridgehead atoms. The maximum Gasteiger partial charge on any atom is 0.225 e. The molecule has 0 amide bonds. The van der Waals surface area contributed by atoms with Gasteiger partial charge in [-0.3, -0.25) is 4.90 Å². The highest BCUT2D eigenvalue weighted by Crippen LogP contribution is 2.25. The van der Waals surface area contributed by atoms with Crippen molar-refractivity contribution in [3.8, 4) is 0 Å². The van der Waals surface area contributed by atoms with Crippen LogP contribution in [0.15, 0.2) is 30.7 Å². The third-order valence-electron chi connectivity index (χ3n) is 4.54. The Morgan fingerprint density at radius 1 is 1.04 bits per heavy atom. The lowest BCUT2D eigenvalue weighted by Crippen LogP contribution is -2.46. The van der Waals surface area contributed by atoms with Crippen LogP contribution < -0.4 is 4.90 Å². The van der Waals surface area contributed by atoms with Crippen LogP contribution in [0.25, 0.3) is 0 Å². The molecule has 4 heterocycles. The lowest BCUT2D eigenvalue weighted by atomic mass is 10.2. The second-order valence-corrected chi connectivity index (χ2v) is 6.22. The first-order chi connectivity index (χ1) is 11.9. The van der Waals surface area contributed by atoms with Gasteiger partial charge in [-0.15, -0.1) is 0 Å². The standard InChI is InChI=1S/C17H22N6O/c1-3-15(24-12-1)16-18-7-4-14(21-16)13-22-8-10-23(11-9-22)17-19-5-2-6-20-17/h2,4-7,15H,1,3,8-13H2. The van der Waals surface area contributed by atoms with Crippen molar-refractivity contribution < 1.29 is 4.74 Å². The van der Waals surface area contributed by atoms with Gasteiger partial charge in [0.2, 0.25) is 5.95 Å². The highest BCUT2D eigenvalue weighted by molar-refractivity contribution is 5.29. The molecular formula is C17H22N6O. The van der Waals surface area contributed by atoms with Crippen LogP contribution in [0.1, 0.15) is 30.5 Å². The summed E-state index contributed by atoms with van der Waals surface area (Å²) in [5.74, 6) is 1.65. The molecule has 2 fully saturated rings. The smallest absolute Gasteiger partial charge is 0.225 e. The summed E-state index contributed by atoms with van der Waals surface area (Å²) in [6, 6.07) is 3.85. The fourth-order valence-corrected chi connectivity index (χ4v) is 3.23. The quantitative estimate of drug-likeness (QED) is 0.842. The third-order valence-corrected chi connectivity index (χ3v) is 4.54.